The summed E-state index contributed by atoms with van der Waals surface area (Å²) in [5, 5.41) is 12.9. The van der Waals surface area contributed by atoms with E-state index in [2.05, 4.69) is 0 Å². The van der Waals surface area contributed by atoms with Crippen molar-refractivity contribution in [2.75, 3.05) is 6.61 Å². The first-order valence-corrected chi connectivity index (χ1v) is 6.87. The molecular weight excluding hydrogens is 268 g/mol. The molecule has 1 fully saturated rings. The van der Waals surface area contributed by atoms with Crippen LogP contribution in [0.25, 0.3) is 21.7 Å². The molecule has 21 heavy (non-hydrogen) atoms. The van der Waals surface area contributed by atoms with Crippen LogP contribution in [0.15, 0.2) is 51.7 Å². The van der Waals surface area contributed by atoms with Gasteiger partial charge in [0.2, 0.25) is 0 Å². The van der Waals surface area contributed by atoms with Gasteiger partial charge in [-0.2, -0.15) is 0 Å². The summed E-state index contributed by atoms with van der Waals surface area (Å²) < 4.78 is 11.0. The molecule has 0 bridgehead atoms. The molecule has 1 N–H and O–H groups in total. The first-order valence-electron chi connectivity index (χ1n) is 6.87. The van der Waals surface area contributed by atoms with E-state index in [1.165, 1.54) is 6.07 Å². The average molecular weight is 282 g/mol. The van der Waals surface area contributed by atoms with Crippen LogP contribution in [0.3, 0.4) is 0 Å². The first-order chi connectivity index (χ1) is 10.1. The van der Waals surface area contributed by atoms with E-state index in [1.54, 1.807) is 13.0 Å². The van der Waals surface area contributed by atoms with Crippen LogP contribution >= 0.6 is 0 Å². The second-order valence-electron chi connectivity index (χ2n) is 5.61. The molecule has 4 nitrogen and oxygen atoms in total. The van der Waals surface area contributed by atoms with Crippen LogP contribution in [0.2, 0.25) is 0 Å². The standard InChI is InChI=1S/C17H14O4/c1-17(19,15-9-20-15)14-8-13(18)12-7-6-10-4-2-3-5-11(10)16(12)21-14/h2-8,15,19H,9H2,1H3/t15-,17+/m0/s1. The van der Waals surface area contributed by atoms with Gasteiger partial charge in [-0.1, -0.05) is 30.3 Å². The first kappa shape index (κ1) is 12.6. The quantitative estimate of drug-likeness (QED) is 0.579. The van der Waals surface area contributed by atoms with E-state index in [0.717, 1.165) is 10.8 Å². The molecular formula is C17H14O4. The molecule has 2 heterocycles. The summed E-state index contributed by atoms with van der Waals surface area (Å²) in [6.07, 6.45) is -0.312. The lowest BCUT2D eigenvalue weighted by Crippen LogP contribution is -2.29. The fraction of sp³-hybridized carbons (Fsp3) is 0.235. The van der Waals surface area contributed by atoms with Crippen LogP contribution in [-0.4, -0.2) is 17.8 Å². The van der Waals surface area contributed by atoms with Gasteiger partial charge in [-0.3, -0.25) is 4.79 Å². The second-order valence-corrected chi connectivity index (χ2v) is 5.61. The molecule has 1 saturated heterocycles. The number of benzene rings is 2. The Bertz CT molecular complexity index is 903. The van der Waals surface area contributed by atoms with Crippen molar-refractivity contribution in [3.8, 4) is 0 Å². The maximum absolute atomic E-state index is 12.3. The predicted octanol–water partition coefficient (Wildman–Crippen LogP) is 2.55. The van der Waals surface area contributed by atoms with E-state index in [4.69, 9.17) is 9.15 Å². The van der Waals surface area contributed by atoms with Gasteiger partial charge in [-0.05, 0) is 18.4 Å². The largest absolute Gasteiger partial charge is 0.457 e. The highest BCUT2D eigenvalue weighted by molar-refractivity contribution is 6.03. The van der Waals surface area contributed by atoms with Gasteiger partial charge in [0, 0.05) is 11.5 Å². The molecule has 1 aromatic heterocycles. The molecule has 1 aliphatic heterocycles. The van der Waals surface area contributed by atoms with Crippen LogP contribution in [-0.2, 0) is 10.3 Å². The van der Waals surface area contributed by atoms with Gasteiger partial charge in [0.1, 0.15) is 23.0 Å². The maximum Gasteiger partial charge on any atom is 0.193 e. The molecule has 1 aliphatic rings. The highest BCUT2D eigenvalue weighted by Gasteiger charge is 2.45. The number of fused-ring (bicyclic) bond motifs is 3. The van der Waals surface area contributed by atoms with Gasteiger partial charge in [0.25, 0.3) is 0 Å². The van der Waals surface area contributed by atoms with E-state index in [1.807, 2.05) is 30.3 Å². The van der Waals surface area contributed by atoms with Crippen LogP contribution < -0.4 is 5.43 Å². The SMILES string of the molecule is C[C@@](O)(c1cc(=O)c2ccc3ccccc3c2o1)[C@@H]1CO1. The zero-order valence-electron chi connectivity index (χ0n) is 11.5. The van der Waals surface area contributed by atoms with Gasteiger partial charge >= 0.3 is 0 Å². The van der Waals surface area contributed by atoms with Crippen LogP contribution in [0, 0.1) is 0 Å². The van der Waals surface area contributed by atoms with Gasteiger partial charge in [-0.15, -0.1) is 0 Å². The third-order valence-electron chi connectivity index (χ3n) is 4.08. The van der Waals surface area contributed by atoms with Crippen molar-refractivity contribution >= 4 is 21.7 Å². The Hall–Kier alpha value is -2.17. The number of hydrogen-bond acceptors (Lipinski definition) is 4. The number of ether oxygens (including phenoxy) is 1. The van der Waals surface area contributed by atoms with Crippen molar-refractivity contribution in [3.05, 3.63) is 58.4 Å². The molecule has 0 spiro atoms. The molecule has 0 radical (unpaired) electrons. The zero-order chi connectivity index (χ0) is 14.6. The number of rotatable bonds is 2. The minimum absolute atomic E-state index is 0.155. The molecule has 4 heteroatoms. The molecule has 4 rings (SSSR count). The second kappa shape index (κ2) is 4.16. The molecule has 2 aromatic carbocycles. The van der Waals surface area contributed by atoms with Crippen molar-refractivity contribution in [2.24, 2.45) is 0 Å². The van der Waals surface area contributed by atoms with Crippen molar-refractivity contribution in [1.82, 2.24) is 0 Å². The number of aliphatic hydroxyl groups is 1. The molecule has 2 atom stereocenters. The minimum atomic E-state index is -1.29. The van der Waals surface area contributed by atoms with Gasteiger partial charge < -0.3 is 14.3 Å². The summed E-state index contributed by atoms with van der Waals surface area (Å²) in [4.78, 5) is 12.3. The van der Waals surface area contributed by atoms with E-state index >= 15 is 0 Å². The third kappa shape index (κ3) is 1.87. The Morgan fingerprint density at radius 1 is 1.19 bits per heavy atom. The summed E-state index contributed by atoms with van der Waals surface area (Å²) in [5.74, 6) is 0.249. The van der Waals surface area contributed by atoms with E-state index < -0.39 is 5.60 Å². The normalized spacial score (nSPS) is 20.6. The Kier molecular flexibility index (Phi) is 2.49. The van der Waals surface area contributed by atoms with Crippen molar-refractivity contribution < 1.29 is 14.3 Å². The average Bonchev–Trinajstić information content (AvgIpc) is 3.32. The predicted molar refractivity (Wildman–Crippen MR) is 79.3 cm³/mol. The summed E-state index contributed by atoms with van der Waals surface area (Å²) in [6.45, 7) is 2.09. The van der Waals surface area contributed by atoms with Crippen molar-refractivity contribution in [3.63, 3.8) is 0 Å². The summed E-state index contributed by atoms with van der Waals surface area (Å²) in [6, 6.07) is 12.7. The molecule has 106 valence electrons. The van der Waals surface area contributed by atoms with Gasteiger partial charge in [0.05, 0.1) is 12.0 Å². The Morgan fingerprint density at radius 2 is 1.95 bits per heavy atom. The van der Waals surface area contributed by atoms with Gasteiger partial charge in [-0.25, -0.2) is 0 Å². The van der Waals surface area contributed by atoms with Crippen LogP contribution in [0.1, 0.15) is 12.7 Å². The molecule has 0 amide bonds. The van der Waals surface area contributed by atoms with Crippen molar-refractivity contribution in [1.29, 1.82) is 0 Å². The Labute approximate surface area is 120 Å². The number of hydrogen-bond donors (Lipinski definition) is 1. The fourth-order valence-corrected chi connectivity index (χ4v) is 2.66. The third-order valence-corrected chi connectivity index (χ3v) is 4.08. The molecule has 3 aromatic rings. The van der Waals surface area contributed by atoms with Gasteiger partial charge in [0.15, 0.2) is 5.43 Å². The molecule has 0 unspecified atom stereocenters. The lowest BCUT2D eigenvalue weighted by Gasteiger charge is -2.20. The Balaban J connectivity index is 2.07. The highest BCUT2D eigenvalue weighted by atomic mass is 16.6. The zero-order valence-corrected chi connectivity index (χ0v) is 11.5. The van der Waals surface area contributed by atoms with E-state index in [-0.39, 0.29) is 17.3 Å². The van der Waals surface area contributed by atoms with Crippen LogP contribution in [0.5, 0.6) is 0 Å². The maximum atomic E-state index is 12.3. The van der Waals surface area contributed by atoms with E-state index in [0.29, 0.717) is 17.6 Å². The highest BCUT2D eigenvalue weighted by Crippen LogP contribution is 2.35. The Morgan fingerprint density at radius 3 is 2.71 bits per heavy atom. The smallest absolute Gasteiger partial charge is 0.193 e. The summed E-state index contributed by atoms with van der Waals surface area (Å²) in [5.41, 5.74) is -0.931. The summed E-state index contributed by atoms with van der Waals surface area (Å²) >= 11 is 0. The topological polar surface area (TPSA) is 63.0 Å². The van der Waals surface area contributed by atoms with Crippen molar-refractivity contribution in [2.45, 2.75) is 18.6 Å². The summed E-state index contributed by atoms with van der Waals surface area (Å²) in [7, 11) is 0. The lowest BCUT2D eigenvalue weighted by atomic mass is 9.98. The molecule has 0 saturated carbocycles. The number of epoxide rings is 1. The monoisotopic (exact) mass is 282 g/mol. The fourth-order valence-electron chi connectivity index (χ4n) is 2.66. The van der Waals surface area contributed by atoms with E-state index in [9.17, 15) is 9.90 Å². The lowest BCUT2D eigenvalue weighted by molar-refractivity contribution is 0.00613. The molecule has 0 aliphatic carbocycles. The minimum Gasteiger partial charge on any atom is -0.457 e. The van der Waals surface area contributed by atoms with Crippen LogP contribution in [0.4, 0.5) is 0 Å².